The predicted octanol–water partition coefficient (Wildman–Crippen LogP) is 13.7. The van der Waals surface area contributed by atoms with Gasteiger partial charge in [0.2, 0.25) is 0 Å². The van der Waals surface area contributed by atoms with Gasteiger partial charge in [-0.15, -0.1) is 0 Å². The third-order valence-electron chi connectivity index (χ3n) is 10.9. The minimum absolute atomic E-state index is 0.171. The fourth-order valence-electron chi connectivity index (χ4n) is 7.03. The van der Waals surface area contributed by atoms with E-state index in [2.05, 4.69) is 38.2 Å². The number of esters is 2. The van der Waals surface area contributed by atoms with Crippen LogP contribution in [0.1, 0.15) is 239 Å². The zero-order valence-corrected chi connectivity index (χ0v) is 39.6. The topological polar surface area (TPSA) is 149 Å². The lowest BCUT2D eigenvalue weighted by Crippen LogP contribution is -2.29. The second kappa shape index (κ2) is 45.5. The first-order valence-electron chi connectivity index (χ1n) is 24.8. The van der Waals surface area contributed by atoms with Crippen LogP contribution in [0, 0.1) is 0 Å². The standard InChI is InChI=1S/C49H93O10P/c1-3-5-7-9-11-13-15-17-19-20-21-22-23-24-25-27-28-30-32-34-36-38-40-48(52)56-44-47(45-58-60(54,55)57-43-46(51)42-50)59-49(53)41-39-37-35-33-31-29-26-18-16-14-12-10-8-6-4-2/h12,14,18,26,46-47,50-51H,3-11,13,15-17,19-25,27-45H2,1-2H3,(H,54,55)/b14-12+,26-18+/t46-,47-/m1/s1. The van der Waals surface area contributed by atoms with Crippen molar-refractivity contribution in [1.82, 2.24) is 0 Å². The van der Waals surface area contributed by atoms with Crippen molar-refractivity contribution in [2.24, 2.45) is 0 Å². The third kappa shape index (κ3) is 44.5. The summed E-state index contributed by atoms with van der Waals surface area (Å²) in [5.74, 6) is -0.929. The largest absolute Gasteiger partial charge is 0.472 e. The van der Waals surface area contributed by atoms with Crippen molar-refractivity contribution in [2.45, 2.75) is 251 Å². The molecule has 0 radical (unpaired) electrons. The molecule has 0 aliphatic rings. The lowest BCUT2D eigenvalue weighted by Gasteiger charge is -2.20. The van der Waals surface area contributed by atoms with Crippen LogP contribution in [0.25, 0.3) is 0 Å². The van der Waals surface area contributed by atoms with Gasteiger partial charge in [0, 0.05) is 12.8 Å². The van der Waals surface area contributed by atoms with E-state index in [9.17, 15) is 24.2 Å². The van der Waals surface area contributed by atoms with E-state index in [1.54, 1.807) is 0 Å². The molecule has 0 aliphatic heterocycles. The van der Waals surface area contributed by atoms with Crippen LogP contribution in [-0.2, 0) is 32.7 Å². The molecule has 0 spiro atoms. The number of carbonyl (C=O) groups excluding carboxylic acids is 2. The minimum Gasteiger partial charge on any atom is -0.462 e. The number of phosphoric ester groups is 1. The third-order valence-corrected chi connectivity index (χ3v) is 11.8. The summed E-state index contributed by atoms with van der Waals surface area (Å²) in [5, 5.41) is 18.4. The van der Waals surface area contributed by atoms with Crippen molar-refractivity contribution >= 4 is 19.8 Å². The number of aliphatic hydroxyl groups excluding tert-OH is 2. The molecule has 3 atom stereocenters. The van der Waals surface area contributed by atoms with Crippen LogP contribution in [0.5, 0.6) is 0 Å². The summed E-state index contributed by atoms with van der Waals surface area (Å²) in [7, 11) is -4.62. The first-order valence-corrected chi connectivity index (χ1v) is 26.3. The van der Waals surface area contributed by atoms with Crippen molar-refractivity contribution in [3.8, 4) is 0 Å². The van der Waals surface area contributed by atoms with Crippen molar-refractivity contribution in [1.29, 1.82) is 0 Å². The molecule has 0 bridgehead atoms. The van der Waals surface area contributed by atoms with Crippen LogP contribution < -0.4 is 0 Å². The van der Waals surface area contributed by atoms with E-state index in [-0.39, 0.29) is 19.4 Å². The molecule has 11 heteroatoms. The molecule has 0 aromatic carbocycles. The average molecular weight is 873 g/mol. The quantitative estimate of drug-likeness (QED) is 0.0233. The summed E-state index contributed by atoms with van der Waals surface area (Å²) in [4.78, 5) is 35.1. The number of hydrogen-bond donors (Lipinski definition) is 3. The molecular formula is C49H93O10P. The highest BCUT2D eigenvalue weighted by molar-refractivity contribution is 7.47. The maximum absolute atomic E-state index is 12.6. The van der Waals surface area contributed by atoms with E-state index >= 15 is 0 Å². The normalized spacial score (nSPS) is 13.9. The lowest BCUT2D eigenvalue weighted by molar-refractivity contribution is -0.161. The van der Waals surface area contributed by atoms with Crippen LogP contribution >= 0.6 is 7.82 Å². The molecule has 0 amide bonds. The fourth-order valence-corrected chi connectivity index (χ4v) is 7.82. The van der Waals surface area contributed by atoms with Gasteiger partial charge in [-0.3, -0.25) is 18.6 Å². The fraction of sp³-hybridized carbons (Fsp3) is 0.878. The molecule has 0 aliphatic carbocycles. The van der Waals surface area contributed by atoms with Gasteiger partial charge < -0.3 is 24.6 Å². The van der Waals surface area contributed by atoms with Crippen LogP contribution in [-0.4, -0.2) is 65.7 Å². The van der Waals surface area contributed by atoms with E-state index in [0.717, 1.165) is 64.2 Å². The SMILES string of the molecule is CCCCC/C=C/C/C=C/CCCCCCCC(=O)O[C@H](COC(=O)CCCCCCCCCCCCCCCCCCCCCCCC)COP(=O)(O)OC[C@H](O)CO. The summed E-state index contributed by atoms with van der Waals surface area (Å²) in [6, 6.07) is 0. The van der Waals surface area contributed by atoms with Crippen LogP contribution in [0.4, 0.5) is 0 Å². The number of ether oxygens (including phenoxy) is 2. The molecule has 0 saturated carbocycles. The van der Waals surface area contributed by atoms with Gasteiger partial charge in [0.25, 0.3) is 0 Å². The van der Waals surface area contributed by atoms with Crippen molar-refractivity contribution in [2.75, 3.05) is 26.4 Å². The maximum Gasteiger partial charge on any atom is 0.472 e. The Kier molecular flexibility index (Phi) is 44.3. The van der Waals surface area contributed by atoms with Crippen LogP contribution in [0.15, 0.2) is 24.3 Å². The molecule has 0 rings (SSSR count). The van der Waals surface area contributed by atoms with Crippen LogP contribution in [0.2, 0.25) is 0 Å². The Balaban J connectivity index is 4.15. The van der Waals surface area contributed by atoms with Gasteiger partial charge in [0.05, 0.1) is 19.8 Å². The number of hydrogen-bond acceptors (Lipinski definition) is 9. The van der Waals surface area contributed by atoms with Gasteiger partial charge in [-0.2, -0.15) is 0 Å². The second-order valence-corrected chi connectivity index (χ2v) is 18.3. The van der Waals surface area contributed by atoms with Gasteiger partial charge in [-0.1, -0.05) is 205 Å². The molecule has 1 unspecified atom stereocenters. The monoisotopic (exact) mass is 873 g/mol. The van der Waals surface area contributed by atoms with Crippen molar-refractivity contribution < 1.29 is 47.8 Å². The minimum atomic E-state index is -4.62. The van der Waals surface area contributed by atoms with Gasteiger partial charge in [0.1, 0.15) is 12.7 Å². The zero-order chi connectivity index (χ0) is 44.0. The number of rotatable bonds is 47. The smallest absolute Gasteiger partial charge is 0.462 e. The highest BCUT2D eigenvalue weighted by atomic mass is 31.2. The second-order valence-electron chi connectivity index (χ2n) is 16.8. The Labute approximate surface area is 368 Å². The van der Waals surface area contributed by atoms with E-state index in [1.807, 2.05) is 0 Å². The molecule has 0 saturated heterocycles. The first-order chi connectivity index (χ1) is 29.2. The highest BCUT2D eigenvalue weighted by Gasteiger charge is 2.27. The number of carbonyl (C=O) groups is 2. The van der Waals surface area contributed by atoms with Gasteiger partial charge >= 0.3 is 19.8 Å². The first kappa shape index (κ1) is 58.5. The van der Waals surface area contributed by atoms with Crippen molar-refractivity contribution in [3.63, 3.8) is 0 Å². The molecule has 3 N–H and O–H groups in total. The maximum atomic E-state index is 12.6. The molecule has 0 aromatic rings. The van der Waals surface area contributed by atoms with E-state index in [0.29, 0.717) is 12.8 Å². The number of unbranched alkanes of at least 4 members (excludes halogenated alkanes) is 29. The Morgan fingerprint density at radius 3 is 1.32 bits per heavy atom. The Morgan fingerprint density at radius 2 is 0.867 bits per heavy atom. The zero-order valence-electron chi connectivity index (χ0n) is 38.7. The summed E-state index contributed by atoms with van der Waals surface area (Å²) in [5.41, 5.74) is 0. The molecule has 60 heavy (non-hydrogen) atoms. The Bertz CT molecular complexity index is 1050. The molecule has 0 fully saturated rings. The molecular weight excluding hydrogens is 780 g/mol. The van der Waals surface area contributed by atoms with Gasteiger partial charge in [-0.25, -0.2) is 4.57 Å². The van der Waals surface area contributed by atoms with Crippen LogP contribution in [0.3, 0.4) is 0 Å². The Morgan fingerprint density at radius 1 is 0.500 bits per heavy atom. The van der Waals surface area contributed by atoms with Gasteiger partial charge in [0.15, 0.2) is 6.10 Å². The van der Waals surface area contributed by atoms with E-state index < -0.39 is 51.8 Å². The van der Waals surface area contributed by atoms with Gasteiger partial charge in [-0.05, 0) is 44.9 Å². The van der Waals surface area contributed by atoms with E-state index in [4.69, 9.17) is 23.6 Å². The molecule has 10 nitrogen and oxygen atoms in total. The average Bonchev–Trinajstić information content (AvgIpc) is 3.24. The lowest BCUT2D eigenvalue weighted by atomic mass is 10.0. The highest BCUT2D eigenvalue weighted by Crippen LogP contribution is 2.43. The molecule has 0 heterocycles. The predicted molar refractivity (Wildman–Crippen MR) is 247 cm³/mol. The molecule has 0 aromatic heterocycles. The number of aliphatic hydroxyl groups is 2. The molecule has 354 valence electrons. The number of phosphoric acid groups is 1. The summed E-state index contributed by atoms with van der Waals surface area (Å²) in [6.45, 7) is 2.38. The summed E-state index contributed by atoms with van der Waals surface area (Å²) >= 11 is 0. The summed E-state index contributed by atoms with van der Waals surface area (Å²) < 4.78 is 32.8. The Hall–Kier alpha value is -1.55. The van der Waals surface area contributed by atoms with Crippen molar-refractivity contribution in [3.05, 3.63) is 24.3 Å². The number of allylic oxidation sites excluding steroid dienone is 4. The summed E-state index contributed by atoms with van der Waals surface area (Å²) in [6.07, 6.45) is 47.2. The van der Waals surface area contributed by atoms with E-state index in [1.165, 1.54) is 135 Å².